The molecule has 2 atom stereocenters. The fourth-order valence-electron chi connectivity index (χ4n) is 2.04. The van der Waals surface area contributed by atoms with Crippen molar-refractivity contribution in [2.75, 3.05) is 25.0 Å². The van der Waals surface area contributed by atoms with Gasteiger partial charge in [0.15, 0.2) is 0 Å². The number of carbonyl (C=O) groups excluding carboxylic acids is 1. The Hall–Kier alpha value is -1.63. The van der Waals surface area contributed by atoms with Crippen molar-refractivity contribution >= 4 is 11.9 Å². The molecule has 3 N–H and O–H groups in total. The van der Waals surface area contributed by atoms with Crippen LogP contribution in [0.5, 0.6) is 0 Å². The lowest BCUT2D eigenvalue weighted by Gasteiger charge is -2.29. The first kappa shape index (κ1) is 12.8. The molecule has 0 saturated carbocycles. The summed E-state index contributed by atoms with van der Waals surface area (Å²) in [7, 11) is 1.83. The van der Waals surface area contributed by atoms with Gasteiger partial charge in [-0.2, -0.15) is 0 Å². The molecular formula is C11H19N5O2. The molecule has 0 aliphatic carbocycles. The fraction of sp³-hybridized carbons (Fsp3) is 0.727. The van der Waals surface area contributed by atoms with Crippen molar-refractivity contribution in [3.8, 4) is 0 Å². The number of piperidine rings is 1. The zero-order valence-corrected chi connectivity index (χ0v) is 10.7. The zero-order chi connectivity index (χ0) is 13.1. The summed E-state index contributed by atoms with van der Waals surface area (Å²) in [5.41, 5.74) is 5.34. The number of aromatic nitrogens is 2. The molecule has 1 aromatic heterocycles. The lowest BCUT2D eigenvalue weighted by Crippen LogP contribution is -2.41. The Morgan fingerprint density at radius 2 is 2.39 bits per heavy atom. The third kappa shape index (κ3) is 2.61. The molecule has 2 heterocycles. The van der Waals surface area contributed by atoms with Gasteiger partial charge >= 0.3 is 6.01 Å². The molecule has 0 bridgehead atoms. The van der Waals surface area contributed by atoms with Crippen LogP contribution in [0.4, 0.5) is 6.01 Å². The van der Waals surface area contributed by atoms with E-state index in [-0.39, 0.29) is 17.9 Å². The molecule has 1 saturated heterocycles. The quantitative estimate of drug-likeness (QED) is 0.787. The van der Waals surface area contributed by atoms with E-state index in [1.165, 1.54) is 0 Å². The van der Waals surface area contributed by atoms with Crippen LogP contribution < -0.4 is 16.0 Å². The van der Waals surface area contributed by atoms with Crippen molar-refractivity contribution in [2.45, 2.75) is 25.8 Å². The molecular weight excluding hydrogens is 234 g/mol. The maximum Gasteiger partial charge on any atom is 0.318 e. The van der Waals surface area contributed by atoms with Gasteiger partial charge in [-0.15, -0.1) is 5.10 Å². The number of nitrogens with one attached hydrogen (secondary N) is 1. The second-order valence-corrected chi connectivity index (χ2v) is 4.62. The average Bonchev–Trinajstić information content (AvgIpc) is 2.87. The van der Waals surface area contributed by atoms with E-state index in [0.29, 0.717) is 18.5 Å². The second-order valence-electron chi connectivity index (χ2n) is 4.62. The SMILES string of the molecule is CNC(C)c1nnc(N2CCCC(C(N)=O)C2)o1. The lowest BCUT2D eigenvalue weighted by atomic mass is 9.98. The molecule has 0 aromatic carbocycles. The monoisotopic (exact) mass is 253 g/mol. The van der Waals surface area contributed by atoms with E-state index < -0.39 is 0 Å². The predicted molar refractivity (Wildman–Crippen MR) is 65.9 cm³/mol. The fourth-order valence-corrected chi connectivity index (χ4v) is 2.04. The second kappa shape index (κ2) is 5.34. The van der Waals surface area contributed by atoms with E-state index in [1.54, 1.807) is 0 Å². The first-order chi connectivity index (χ1) is 8.61. The Morgan fingerprint density at radius 1 is 1.61 bits per heavy atom. The number of rotatable bonds is 4. The number of nitrogens with two attached hydrogens (primary N) is 1. The molecule has 0 radical (unpaired) electrons. The number of amides is 1. The lowest BCUT2D eigenvalue weighted by molar-refractivity contribution is -0.122. The maximum absolute atomic E-state index is 11.2. The van der Waals surface area contributed by atoms with Gasteiger partial charge in [0.05, 0.1) is 12.0 Å². The maximum atomic E-state index is 11.2. The molecule has 7 heteroatoms. The summed E-state index contributed by atoms with van der Waals surface area (Å²) in [4.78, 5) is 13.1. The molecule has 1 aromatic rings. The Labute approximate surface area is 106 Å². The molecule has 1 amide bonds. The van der Waals surface area contributed by atoms with Crippen LogP contribution in [0.3, 0.4) is 0 Å². The van der Waals surface area contributed by atoms with Crippen molar-refractivity contribution in [1.29, 1.82) is 0 Å². The van der Waals surface area contributed by atoms with Crippen LogP contribution in [0.25, 0.3) is 0 Å². The summed E-state index contributed by atoms with van der Waals surface area (Å²) >= 11 is 0. The molecule has 7 nitrogen and oxygen atoms in total. The standard InChI is InChI=1S/C11H19N5O2/c1-7(13-2)10-14-15-11(18-10)16-5-3-4-8(6-16)9(12)17/h7-8,13H,3-6H2,1-2H3,(H2,12,17). The number of anilines is 1. The van der Waals surface area contributed by atoms with Crippen molar-refractivity contribution in [1.82, 2.24) is 15.5 Å². The van der Waals surface area contributed by atoms with Gasteiger partial charge in [0.25, 0.3) is 0 Å². The van der Waals surface area contributed by atoms with Gasteiger partial charge in [0.1, 0.15) is 0 Å². The summed E-state index contributed by atoms with van der Waals surface area (Å²) in [6.45, 7) is 3.32. The Kier molecular flexibility index (Phi) is 3.81. The highest BCUT2D eigenvalue weighted by Gasteiger charge is 2.27. The van der Waals surface area contributed by atoms with E-state index in [1.807, 2.05) is 18.9 Å². The van der Waals surface area contributed by atoms with Crippen LogP contribution >= 0.6 is 0 Å². The van der Waals surface area contributed by atoms with Crippen LogP contribution in [-0.4, -0.2) is 36.2 Å². The van der Waals surface area contributed by atoms with Gasteiger partial charge in [-0.1, -0.05) is 5.10 Å². The van der Waals surface area contributed by atoms with Gasteiger partial charge in [0, 0.05) is 13.1 Å². The van der Waals surface area contributed by atoms with E-state index >= 15 is 0 Å². The number of hydrogen-bond acceptors (Lipinski definition) is 6. The van der Waals surface area contributed by atoms with Gasteiger partial charge in [0.2, 0.25) is 11.8 Å². The van der Waals surface area contributed by atoms with Crippen LogP contribution in [0.2, 0.25) is 0 Å². The topological polar surface area (TPSA) is 97.3 Å². The summed E-state index contributed by atoms with van der Waals surface area (Å²) in [5, 5.41) is 11.1. The molecule has 1 aliphatic heterocycles. The van der Waals surface area contributed by atoms with Crippen molar-refractivity contribution in [3.05, 3.63) is 5.89 Å². The Morgan fingerprint density at radius 3 is 3.06 bits per heavy atom. The summed E-state index contributed by atoms with van der Waals surface area (Å²) in [5.74, 6) is 0.160. The van der Waals surface area contributed by atoms with E-state index in [4.69, 9.17) is 10.2 Å². The third-order valence-electron chi connectivity index (χ3n) is 3.33. The van der Waals surface area contributed by atoms with Crippen molar-refractivity contribution < 1.29 is 9.21 Å². The van der Waals surface area contributed by atoms with Crippen LogP contribution in [-0.2, 0) is 4.79 Å². The molecule has 18 heavy (non-hydrogen) atoms. The smallest absolute Gasteiger partial charge is 0.318 e. The molecule has 2 unspecified atom stereocenters. The molecule has 2 rings (SSSR count). The third-order valence-corrected chi connectivity index (χ3v) is 3.33. The van der Waals surface area contributed by atoms with E-state index in [9.17, 15) is 4.79 Å². The minimum absolute atomic E-state index is 0.0166. The number of carbonyl (C=O) groups is 1. The summed E-state index contributed by atoms with van der Waals surface area (Å²) in [6, 6.07) is 0.487. The Bertz CT molecular complexity index is 419. The average molecular weight is 253 g/mol. The number of nitrogens with zero attached hydrogens (tertiary/aromatic N) is 3. The van der Waals surface area contributed by atoms with Crippen molar-refractivity contribution in [2.24, 2.45) is 11.7 Å². The van der Waals surface area contributed by atoms with Gasteiger partial charge in [-0.05, 0) is 26.8 Å². The van der Waals surface area contributed by atoms with Crippen LogP contribution in [0, 0.1) is 5.92 Å². The van der Waals surface area contributed by atoms with E-state index in [0.717, 1.165) is 19.4 Å². The molecule has 1 aliphatic rings. The molecule has 100 valence electrons. The van der Waals surface area contributed by atoms with E-state index in [2.05, 4.69) is 15.5 Å². The predicted octanol–water partition coefficient (Wildman–Crippen LogP) is 0.0517. The van der Waals surface area contributed by atoms with Crippen molar-refractivity contribution in [3.63, 3.8) is 0 Å². The van der Waals surface area contributed by atoms with Crippen LogP contribution in [0.1, 0.15) is 31.7 Å². The largest absolute Gasteiger partial charge is 0.406 e. The first-order valence-electron chi connectivity index (χ1n) is 6.16. The highest BCUT2D eigenvalue weighted by molar-refractivity contribution is 5.77. The Balaban J connectivity index is 2.06. The summed E-state index contributed by atoms with van der Waals surface area (Å²) in [6.07, 6.45) is 1.74. The molecule has 0 spiro atoms. The van der Waals surface area contributed by atoms with Crippen LogP contribution in [0.15, 0.2) is 4.42 Å². The zero-order valence-electron chi connectivity index (χ0n) is 10.7. The highest BCUT2D eigenvalue weighted by atomic mass is 16.4. The van der Waals surface area contributed by atoms with Gasteiger partial charge < -0.3 is 20.4 Å². The molecule has 1 fully saturated rings. The highest BCUT2D eigenvalue weighted by Crippen LogP contribution is 2.23. The number of primary amides is 1. The minimum Gasteiger partial charge on any atom is -0.406 e. The van der Waals surface area contributed by atoms with Gasteiger partial charge in [-0.3, -0.25) is 4.79 Å². The van der Waals surface area contributed by atoms with Gasteiger partial charge in [-0.25, -0.2) is 0 Å². The summed E-state index contributed by atoms with van der Waals surface area (Å²) < 4.78 is 5.59. The number of hydrogen-bond donors (Lipinski definition) is 2. The minimum atomic E-state index is -0.261. The normalized spacial score (nSPS) is 21.9. The first-order valence-corrected chi connectivity index (χ1v) is 6.16.